The second-order valence-electron chi connectivity index (χ2n) is 4.86. The van der Waals surface area contributed by atoms with Gasteiger partial charge in [0, 0.05) is 24.3 Å². The van der Waals surface area contributed by atoms with Crippen molar-refractivity contribution in [2.24, 2.45) is 5.92 Å². The number of carbonyl (C=O) groups excluding carboxylic acids is 1. The number of carbonyl (C=O) groups is 1. The summed E-state index contributed by atoms with van der Waals surface area (Å²) in [6, 6.07) is 0.579. The van der Waals surface area contributed by atoms with Gasteiger partial charge in [-0.1, -0.05) is 15.9 Å². The maximum Gasteiger partial charge on any atom is 0.223 e. The number of rotatable bonds is 6. The molecule has 0 radical (unpaired) electrons. The first-order valence-corrected chi connectivity index (χ1v) is 7.29. The van der Waals surface area contributed by atoms with Gasteiger partial charge in [-0.05, 0) is 44.4 Å². The van der Waals surface area contributed by atoms with Crippen LogP contribution >= 0.6 is 15.9 Å². The second kappa shape index (κ2) is 5.33. The Hall–Kier alpha value is -0.0500. The van der Waals surface area contributed by atoms with Crippen molar-refractivity contribution < 1.29 is 4.79 Å². The Labute approximate surface area is 101 Å². The molecule has 2 aliphatic rings. The lowest BCUT2D eigenvalue weighted by molar-refractivity contribution is -0.135. The molecule has 0 aromatic heterocycles. The highest BCUT2D eigenvalue weighted by Gasteiger charge is 2.32. The van der Waals surface area contributed by atoms with E-state index in [9.17, 15) is 4.79 Å². The molecule has 2 saturated carbocycles. The Bertz CT molecular complexity index is 224. The van der Waals surface area contributed by atoms with E-state index < -0.39 is 0 Å². The lowest BCUT2D eigenvalue weighted by Gasteiger charge is -2.37. The highest BCUT2D eigenvalue weighted by Crippen LogP contribution is 2.34. The van der Waals surface area contributed by atoms with Crippen molar-refractivity contribution in [1.29, 1.82) is 0 Å². The van der Waals surface area contributed by atoms with Crippen molar-refractivity contribution in [2.45, 2.75) is 51.0 Å². The van der Waals surface area contributed by atoms with Crippen molar-refractivity contribution in [2.75, 3.05) is 11.9 Å². The van der Waals surface area contributed by atoms with E-state index in [0.717, 1.165) is 30.6 Å². The van der Waals surface area contributed by atoms with Gasteiger partial charge in [0.25, 0.3) is 0 Å². The molecule has 0 saturated heterocycles. The number of alkyl halides is 1. The molecule has 15 heavy (non-hydrogen) atoms. The molecule has 2 aliphatic carbocycles. The molecule has 0 aromatic carbocycles. The number of amides is 1. The van der Waals surface area contributed by atoms with Crippen LogP contribution in [-0.4, -0.2) is 28.7 Å². The lowest BCUT2D eigenvalue weighted by atomic mass is 9.91. The van der Waals surface area contributed by atoms with Crippen molar-refractivity contribution in [3.63, 3.8) is 0 Å². The summed E-state index contributed by atoms with van der Waals surface area (Å²) in [7, 11) is 0. The van der Waals surface area contributed by atoms with Gasteiger partial charge in [-0.15, -0.1) is 0 Å². The Morgan fingerprint density at radius 1 is 1.27 bits per heavy atom. The van der Waals surface area contributed by atoms with E-state index >= 15 is 0 Å². The first-order valence-electron chi connectivity index (χ1n) is 6.16. The van der Waals surface area contributed by atoms with Gasteiger partial charge in [-0.2, -0.15) is 0 Å². The predicted octanol–water partition coefficient (Wildman–Crippen LogP) is 2.95. The molecule has 0 spiro atoms. The van der Waals surface area contributed by atoms with E-state index in [1.165, 1.54) is 32.1 Å². The molecule has 0 heterocycles. The zero-order chi connectivity index (χ0) is 10.7. The highest BCUT2D eigenvalue weighted by molar-refractivity contribution is 9.09. The van der Waals surface area contributed by atoms with Crippen LogP contribution in [0.1, 0.15) is 44.9 Å². The molecule has 1 amide bonds. The SMILES string of the molecule is O=C(CC1CC1)N(CCCBr)C1CCC1. The normalized spacial score (nSPS) is 21.1. The summed E-state index contributed by atoms with van der Waals surface area (Å²) in [6.45, 7) is 0.960. The van der Waals surface area contributed by atoms with E-state index in [-0.39, 0.29) is 0 Å². The monoisotopic (exact) mass is 273 g/mol. The molecular formula is C12H20BrNO. The smallest absolute Gasteiger partial charge is 0.223 e. The first kappa shape index (κ1) is 11.4. The minimum absolute atomic E-state index is 0.420. The van der Waals surface area contributed by atoms with Gasteiger partial charge in [0.05, 0.1) is 0 Å². The summed E-state index contributed by atoms with van der Waals surface area (Å²) in [6.07, 6.45) is 8.25. The number of hydrogen-bond acceptors (Lipinski definition) is 1. The highest BCUT2D eigenvalue weighted by atomic mass is 79.9. The number of nitrogens with zero attached hydrogens (tertiary/aromatic N) is 1. The fourth-order valence-corrected chi connectivity index (χ4v) is 2.38. The van der Waals surface area contributed by atoms with Gasteiger partial charge in [-0.3, -0.25) is 4.79 Å². The van der Waals surface area contributed by atoms with Crippen molar-refractivity contribution in [1.82, 2.24) is 4.90 Å². The minimum atomic E-state index is 0.420. The predicted molar refractivity (Wildman–Crippen MR) is 65.1 cm³/mol. The summed E-state index contributed by atoms with van der Waals surface area (Å²) in [5.74, 6) is 1.15. The van der Waals surface area contributed by atoms with E-state index in [1.807, 2.05) is 0 Å². The van der Waals surface area contributed by atoms with Crippen LogP contribution in [0.2, 0.25) is 0 Å². The van der Waals surface area contributed by atoms with Crippen molar-refractivity contribution in [3.8, 4) is 0 Å². The Morgan fingerprint density at radius 2 is 2.00 bits per heavy atom. The zero-order valence-corrected chi connectivity index (χ0v) is 10.8. The third kappa shape index (κ3) is 3.20. The molecule has 0 aromatic rings. The van der Waals surface area contributed by atoms with E-state index in [0.29, 0.717) is 11.9 Å². The molecule has 2 nitrogen and oxygen atoms in total. The third-order valence-corrected chi connectivity index (χ3v) is 4.09. The van der Waals surface area contributed by atoms with Gasteiger partial charge in [0.15, 0.2) is 0 Å². The summed E-state index contributed by atoms with van der Waals surface area (Å²) >= 11 is 3.44. The fraction of sp³-hybridized carbons (Fsp3) is 0.917. The minimum Gasteiger partial charge on any atom is -0.340 e. The molecular weight excluding hydrogens is 254 g/mol. The Morgan fingerprint density at radius 3 is 2.47 bits per heavy atom. The summed E-state index contributed by atoms with van der Waals surface area (Å²) < 4.78 is 0. The van der Waals surface area contributed by atoms with Crippen LogP contribution in [0.5, 0.6) is 0 Å². The molecule has 2 fully saturated rings. The van der Waals surface area contributed by atoms with Crippen LogP contribution in [0.3, 0.4) is 0 Å². The van der Waals surface area contributed by atoms with Crippen LogP contribution in [0.25, 0.3) is 0 Å². The molecule has 0 aliphatic heterocycles. The molecule has 86 valence electrons. The lowest BCUT2D eigenvalue weighted by Crippen LogP contribution is -2.44. The molecule has 0 bridgehead atoms. The quantitative estimate of drug-likeness (QED) is 0.682. The Kier molecular flexibility index (Phi) is 4.06. The number of halogens is 1. The maximum absolute atomic E-state index is 12.0. The largest absolute Gasteiger partial charge is 0.340 e. The summed E-state index contributed by atoms with van der Waals surface area (Å²) in [5.41, 5.74) is 0. The molecule has 0 unspecified atom stereocenters. The average molecular weight is 274 g/mol. The van der Waals surface area contributed by atoms with E-state index in [1.54, 1.807) is 0 Å². The first-order chi connectivity index (χ1) is 7.31. The van der Waals surface area contributed by atoms with Crippen molar-refractivity contribution in [3.05, 3.63) is 0 Å². The molecule has 0 atom stereocenters. The van der Waals surface area contributed by atoms with Crippen molar-refractivity contribution >= 4 is 21.8 Å². The zero-order valence-electron chi connectivity index (χ0n) is 9.25. The topological polar surface area (TPSA) is 20.3 Å². The molecule has 0 N–H and O–H groups in total. The third-order valence-electron chi connectivity index (χ3n) is 3.53. The van der Waals surface area contributed by atoms with Gasteiger partial charge in [0.2, 0.25) is 5.91 Å². The number of hydrogen-bond donors (Lipinski definition) is 0. The summed E-state index contributed by atoms with van der Waals surface area (Å²) in [5, 5.41) is 1.01. The molecule has 2 rings (SSSR count). The molecule has 3 heteroatoms. The fourth-order valence-electron chi connectivity index (χ4n) is 2.13. The van der Waals surface area contributed by atoms with Crippen LogP contribution in [0.4, 0.5) is 0 Å². The van der Waals surface area contributed by atoms with Crippen LogP contribution in [-0.2, 0) is 4.79 Å². The standard InChI is InChI=1S/C12H20BrNO/c13-7-2-8-14(11-3-1-4-11)12(15)9-10-5-6-10/h10-11H,1-9H2. The van der Waals surface area contributed by atoms with Gasteiger partial charge in [-0.25, -0.2) is 0 Å². The van der Waals surface area contributed by atoms with Gasteiger partial charge in [0.1, 0.15) is 0 Å². The van der Waals surface area contributed by atoms with Crippen LogP contribution in [0, 0.1) is 5.92 Å². The van der Waals surface area contributed by atoms with Crippen LogP contribution < -0.4 is 0 Å². The van der Waals surface area contributed by atoms with Crippen LogP contribution in [0.15, 0.2) is 0 Å². The van der Waals surface area contributed by atoms with Gasteiger partial charge < -0.3 is 4.90 Å². The second-order valence-corrected chi connectivity index (χ2v) is 5.65. The van der Waals surface area contributed by atoms with E-state index in [4.69, 9.17) is 0 Å². The van der Waals surface area contributed by atoms with Gasteiger partial charge >= 0.3 is 0 Å². The maximum atomic E-state index is 12.0. The Balaban J connectivity index is 1.81. The summed E-state index contributed by atoms with van der Waals surface area (Å²) in [4.78, 5) is 14.2. The van der Waals surface area contributed by atoms with E-state index in [2.05, 4.69) is 20.8 Å². The average Bonchev–Trinajstić information content (AvgIpc) is 2.92.